The van der Waals surface area contributed by atoms with Crippen LogP contribution in [0.25, 0.3) is 0 Å². The van der Waals surface area contributed by atoms with E-state index in [2.05, 4.69) is 30.0 Å². The van der Waals surface area contributed by atoms with Gasteiger partial charge in [-0.05, 0) is 67.6 Å². The summed E-state index contributed by atoms with van der Waals surface area (Å²) in [6.45, 7) is 4.37. The SMILES string of the molecule is CCC(c1ccc(N)cc1N)N1CCC(c2ccccc2N)CC1. The number of nitrogen functional groups attached to an aromatic ring is 3. The molecule has 2 aromatic carbocycles. The number of rotatable bonds is 4. The van der Waals surface area contributed by atoms with Gasteiger partial charge in [-0.3, -0.25) is 4.90 Å². The number of benzene rings is 2. The van der Waals surface area contributed by atoms with Crippen LogP contribution in [0.4, 0.5) is 17.1 Å². The standard InChI is InChI=1S/C20H28N4/c1-2-20(17-8-7-15(21)13-19(17)23)24-11-9-14(10-12-24)16-5-3-4-6-18(16)22/h3-8,13-14,20H,2,9-12,21-23H2,1H3. The first-order valence-corrected chi connectivity index (χ1v) is 8.83. The maximum atomic E-state index is 6.22. The summed E-state index contributed by atoms with van der Waals surface area (Å²) in [6, 6.07) is 14.5. The molecule has 2 aromatic rings. The largest absolute Gasteiger partial charge is 0.399 e. The van der Waals surface area contributed by atoms with Crippen molar-refractivity contribution >= 4 is 17.1 Å². The summed E-state index contributed by atoms with van der Waals surface area (Å²) in [5.41, 5.74) is 23.2. The van der Waals surface area contributed by atoms with Gasteiger partial charge in [-0.15, -0.1) is 0 Å². The molecule has 4 heteroatoms. The third-order valence-corrected chi connectivity index (χ3v) is 5.26. The van der Waals surface area contributed by atoms with Crippen molar-refractivity contribution in [3.8, 4) is 0 Å². The monoisotopic (exact) mass is 324 g/mol. The fourth-order valence-corrected chi connectivity index (χ4v) is 3.98. The van der Waals surface area contributed by atoms with Crippen LogP contribution < -0.4 is 17.2 Å². The zero-order valence-electron chi connectivity index (χ0n) is 14.4. The predicted octanol–water partition coefficient (Wildman–Crippen LogP) is 3.76. The summed E-state index contributed by atoms with van der Waals surface area (Å²) < 4.78 is 0. The second kappa shape index (κ2) is 7.14. The zero-order valence-corrected chi connectivity index (χ0v) is 14.4. The normalized spacial score (nSPS) is 17.7. The lowest BCUT2D eigenvalue weighted by molar-refractivity contribution is 0.149. The van der Waals surface area contributed by atoms with Crippen molar-refractivity contribution in [2.24, 2.45) is 0 Å². The predicted molar refractivity (Wildman–Crippen MR) is 103 cm³/mol. The number of hydrogen-bond donors (Lipinski definition) is 3. The fraction of sp³-hybridized carbons (Fsp3) is 0.400. The van der Waals surface area contributed by atoms with Crippen LogP contribution in [0.15, 0.2) is 42.5 Å². The Kier molecular flexibility index (Phi) is 4.95. The maximum absolute atomic E-state index is 6.22. The van der Waals surface area contributed by atoms with Gasteiger partial charge in [0.15, 0.2) is 0 Å². The Morgan fingerprint density at radius 3 is 2.33 bits per heavy atom. The summed E-state index contributed by atoms with van der Waals surface area (Å²) in [5.74, 6) is 0.559. The van der Waals surface area contributed by atoms with Crippen molar-refractivity contribution in [2.45, 2.75) is 38.1 Å². The van der Waals surface area contributed by atoms with Gasteiger partial charge in [0.25, 0.3) is 0 Å². The molecule has 1 aliphatic rings. The minimum Gasteiger partial charge on any atom is -0.399 e. The second-order valence-corrected chi connectivity index (χ2v) is 6.75. The first-order valence-electron chi connectivity index (χ1n) is 8.83. The quantitative estimate of drug-likeness (QED) is 0.748. The van der Waals surface area contributed by atoms with E-state index in [0.717, 1.165) is 49.4 Å². The van der Waals surface area contributed by atoms with Crippen molar-refractivity contribution in [2.75, 3.05) is 30.3 Å². The van der Waals surface area contributed by atoms with E-state index in [-0.39, 0.29) is 0 Å². The van der Waals surface area contributed by atoms with Gasteiger partial charge < -0.3 is 17.2 Å². The molecule has 1 saturated heterocycles. The molecule has 1 aliphatic heterocycles. The topological polar surface area (TPSA) is 81.3 Å². The number of nitrogens with two attached hydrogens (primary N) is 3. The number of likely N-dealkylation sites (tertiary alicyclic amines) is 1. The molecule has 4 nitrogen and oxygen atoms in total. The number of para-hydroxylation sites is 1. The van der Waals surface area contributed by atoms with Gasteiger partial charge in [-0.2, -0.15) is 0 Å². The van der Waals surface area contributed by atoms with E-state index in [1.807, 2.05) is 24.3 Å². The van der Waals surface area contributed by atoms with Gasteiger partial charge in [0.1, 0.15) is 0 Å². The molecule has 3 rings (SSSR count). The van der Waals surface area contributed by atoms with Gasteiger partial charge in [-0.1, -0.05) is 31.2 Å². The Hall–Kier alpha value is -2.20. The summed E-state index contributed by atoms with van der Waals surface area (Å²) in [7, 11) is 0. The van der Waals surface area contributed by atoms with E-state index in [0.29, 0.717) is 12.0 Å². The van der Waals surface area contributed by atoms with Crippen molar-refractivity contribution in [1.82, 2.24) is 4.90 Å². The van der Waals surface area contributed by atoms with Gasteiger partial charge in [0, 0.05) is 23.1 Å². The number of nitrogens with zero attached hydrogens (tertiary/aromatic N) is 1. The fourth-order valence-electron chi connectivity index (χ4n) is 3.98. The van der Waals surface area contributed by atoms with Crippen LogP contribution in [0.2, 0.25) is 0 Å². The van der Waals surface area contributed by atoms with Crippen molar-refractivity contribution in [3.05, 3.63) is 53.6 Å². The molecule has 24 heavy (non-hydrogen) atoms. The first-order chi connectivity index (χ1) is 11.6. The molecule has 1 fully saturated rings. The van der Waals surface area contributed by atoms with Gasteiger partial charge >= 0.3 is 0 Å². The smallest absolute Gasteiger partial charge is 0.0383 e. The molecule has 1 heterocycles. The molecule has 6 N–H and O–H groups in total. The highest BCUT2D eigenvalue weighted by Crippen LogP contribution is 2.37. The molecule has 0 aromatic heterocycles. The number of piperidine rings is 1. The third-order valence-electron chi connectivity index (χ3n) is 5.26. The Labute approximate surface area is 144 Å². The molecular weight excluding hydrogens is 296 g/mol. The summed E-state index contributed by atoms with van der Waals surface area (Å²) in [4.78, 5) is 2.55. The Morgan fingerprint density at radius 1 is 1.00 bits per heavy atom. The average molecular weight is 324 g/mol. The third kappa shape index (κ3) is 3.34. The molecule has 0 amide bonds. The van der Waals surface area contributed by atoms with E-state index in [4.69, 9.17) is 17.2 Å². The lowest BCUT2D eigenvalue weighted by Gasteiger charge is -2.38. The highest BCUT2D eigenvalue weighted by Gasteiger charge is 2.27. The molecule has 128 valence electrons. The highest BCUT2D eigenvalue weighted by atomic mass is 15.2. The minimum atomic E-state index is 0.361. The highest BCUT2D eigenvalue weighted by molar-refractivity contribution is 5.57. The first kappa shape index (κ1) is 16.7. The Balaban J connectivity index is 1.72. The van der Waals surface area contributed by atoms with Crippen LogP contribution in [-0.2, 0) is 0 Å². The van der Waals surface area contributed by atoms with E-state index in [1.165, 1.54) is 11.1 Å². The molecule has 0 saturated carbocycles. The van der Waals surface area contributed by atoms with Gasteiger partial charge in [0.05, 0.1) is 0 Å². The molecule has 0 radical (unpaired) electrons. The van der Waals surface area contributed by atoms with E-state index >= 15 is 0 Å². The Morgan fingerprint density at radius 2 is 1.71 bits per heavy atom. The summed E-state index contributed by atoms with van der Waals surface area (Å²) in [5, 5.41) is 0. The lowest BCUT2D eigenvalue weighted by Crippen LogP contribution is -2.36. The van der Waals surface area contributed by atoms with E-state index in [9.17, 15) is 0 Å². The van der Waals surface area contributed by atoms with Crippen molar-refractivity contribution < 1.29 is 0 Å². The maximum Gasteiger partial charge on any atom is 0.0383 e. The van der Waals surface area contributed by atoms with E-state index < -0.39 is 0 Å². The van der Waals surface area contributed by atoms with Crippen LogP contribution in [-0.4, -0.2) is 18.0 Å². The molecule has 1 atom stereocenters. The number of anilines is 3. The molecule has 0 spiro atoms. The van der Waals surface area contributed by atoms with Crippen molar-refractivity contribution in [1.29, 1.82) is 0 Å². The van der Waals surface area contributed by atoms with E-state index in [1.54, 1.807) is 0 Å². The van der Waals surface area contributed by atoms with Crippen LogP contribution in [0.5, 0.6) is 0 Å². The van der Waals surface area contributed by atoms with Gasteiger partial charge in [0.2, 0.25) is 0 Å². The number of hydrogen-bond acceptors (Lipinski definition) is 4. The molecule has 1 unspecified atom stereocenters. The molecular formula is C20H28N4. The second-order valence-electron chi connectivity index (χ2n) is 6.75. The van der Waals surface area contributed by atoms with Crippen LogP contribution >= 0.6 is 0 Å². The molecule has 0 bridgehead atoms. The summed E-state index contributed by atoms with van der Waals surface area (Å²) in [6.07, 6.45) is 3.32. The van der Waals surface area contributed by atoms with Gasteiger partial charge in [-0.25, -0.2) is 0 Å². The zero-order chi connectivity index (χ0) is 17.1. The van der Waals surface area contributed by atoms with Crippen LogP contribution in [0.1, 0.15) is 49.3 Å². The van der Waals surface area contributed by atoms with Crippen LogP contribution in [0, 0.1) is 0 Å². The lowest BCUT2D eigenvalue weighted by atomic mass is 9.87. The van der Waals surface area contributed by atoms with Crippen molar-refractivity contribution in [3.63, 3.8) is 0 Å². The Bertz CT molecular complexity index is 690. The molecule has 0 aliphatic carbocycles. The minimum absolute atomic E-state index is 0.361. The summed E-state index contributed by atoms with van der Waals surface area (Å²) >= 11 is 0. The van der Waals surface area contributed by atoms with Crippen LogP contribution in [0.3, 0.4) is 0 Å². The average Bonchev–Trinajstić information content (AvgIpc) is 2.58.